The lowest BCUT2D eigenvalue weighted by molar-refractivity contribution is -0.136. The summed E-state index contributed by atoms with van der Waals surface area (Å²) < 4.78 is 10.4. The highest BCUT2D eigenvalue weighted by atomic mass is 16.7. The van der Waals surface area contributed by atoms with Gasteiger partial charge in [-0.05, 0) is 23.8 Å². The van der Waals surface area contributed by atoms with E-state index >= 15 is 0 Å². The van der Waals surface area contributed by atoms with E-state index in [-0.39, 0.29) is 25.7 Å². The number of aliphatic carboxylic acids is 1. The van der Waals surface area contributed by atoms with Gasteiger partial charge in [0.25, 0.3) is 0 Å². The molecule has 0 fully saturated rings. The fraction of sp³-hybridized carbons (Fsp3) is 0.231. The summed E-state index contributed by atoms with van der Waals surface area (Å²) in [5.41, 5.74) is 0.803. The van der Waals surface area contributed by atoms with Gasteiger partial charge in [0.15, 0.2) is 11.5 Å². The number of carbonyl (C=O) groups is 2. The van der Waals surface area contributed by atoms with Crippen LogP contribution in [0.3, 0.4) is 0 Å². The lowest BCUT2D eigenvalue weighted by Crippen LogP contribution is -2.23. The van der Waals surface area contributed by atoms with Crippen LogP contribution in [-0.4, -0.2) is 30.3 Å². The molecule has 0 unspecified atom stereocenters. The second-order valence-electron chi connectivity index (χ2n) is 3.88. The second-order valence-corrected chi connectivity index (χ2v) is 3.88. The number of fused-ring (bicyclic) bond motifs is 1. The molecule has 2 rings (SSSR count). The fourth-order valence-electron chi connectivity index (χ4n) is 1.54. The number of benzene rings is 1. The average molecular weight is 263 g/mol. The Labute approximate surface area is 109 Å². The Kier molecular flexibility index (Phi) is 4.02. The molecule has 1 amide bonds. The van der Waals surface area contributed by atoms with Crippen molar-refractivity contribution >= 4 is 18.0 Å². The number of ether oxygens (including phenoxy) is 2. The summed E-state index contributed by atoms with van der Waals surface area (Å²) in [4.78, 5) is 21.7. The van der Waals surface area contributed by atoms with Crippen LogP contribution in [0.1, 0.15) is 12.0 Å². The molecule has 0 bridgehead atoms. The quantitative estimate of drug-likeness (QED) is 0.775. The molecule has 1 aromatic carbocycles. The molecule has 0 atom stereocenters. The lowest BCUT2D eigenvalue weighted by atomic mass is 10.2. The van der Waals surface area contributed by atoms with Crippen molar-refractivity contribution in [1.82, 2.24) is 5.32 Å². The van der Waals surface area contributed by atoms with E-state index in [2.05, 4.69) is 5.32 Å². The minimum Gasteiger partial charge on any atom is -0.481 e. The smallest absolute Gasteiger partial charge is 0.305 e. The van der Waals surface area contributed by atoms with E-state index in [4.69, 9.17) is 14.6 Å². The van der Waals surface area contributed by atoms with E-state index in [1.165, 1.54) is 6.08 Å². The van der Waals surface area contributed by atoms with Gasteiger partial charge in [0, 0.05) is 12.6 Å². The number of amides is 1. The van der Waals surface area contributed by atoms with Crippen LogP contribution in [0.4, 0.5) is 0 Å². The Morgan fingerprint density at radius 1 is 1.32 bits per heavy atom. The summed E-state index contributed by atoms with van der Waals surface area (Å²) in [6.07, 6.45) is 2.88. The first-order valence-corrected chi connectivity index (χ1v) is 5.72. The van der Waals surface area contributed by atoms with Crippen molar-refractivity contribution in [2.24, 2.45) is 0 Å². The summed E-state index contributed by atoms with van der Waals surface area (Å²) in [5, 5.41) is 10.9. The molecule has 0 aliphatic carbocycles. The summed E-state index contributed by atoms with van der Waals surface area (Å²) >= 11 is 0. The first kappa shape index (κ1) is 12.9. The summed E-state index contributed by atoms with van der Waals surface area (Å²) in [6, 6.07) is 5.34. The molecule has 0 radical (unpaired) electrons. The third-order valence-electron chi connectivity index (χ3n) is 2.46. The first-order valence-electron chi connectivity index (χ1n) is 5.72. The minimum atomic E-state index is -0.944. The van der Waals surface area contributed by atoms with E-state index in [9.17, 15) is 9.59 Å². The van der Waals surface area contributed by atoms with Crippen molar-refractivity contribution in [3.63, 3.8) is 0 Å². The molecule has 1 aliphatic rings. The third kappa shape index (κ3) is 3.74. The fourth-order valence-corrected chi connectivity index (χ4v) is 1.54. The molecular formula is C13H13NO5. The highest BCUT2D eigenvalue weighted by molar-refractivity contribution is 5.92. The number of carboxylic acid groups (broad SMARTS) is 1. The van der Waals surface area contributed by atoms with Gasteiger partial charge in [0.1, 0.15) is 0 Å². The van der Waals surface area contributed by atoms with Crippen molar-refractivity contribution < 1.29 is 24.2 Å². The molecule has 0 aromatic heterocycles. The van der Waals surface area contributed by atoms with Gasteiger partial charge in [-0.2, -0.15) is 0 Å². The summed E-state index contributed by atoms with van der Waals surface area (Å²) in [6.45, 7) is 0.317. The number of hydrogen-bond acceptors (Lipinski definition) is 4. The van der Waals surface area contributed by atoms with Crippen molar-refractivity contribution in [1.29, 1.82) is 0 Å². The maximum absolute atomic E-state index is 11.4. The number of carboxylic acids is 1. The summed E-state index contributed by atoms with van der Waals surface area (Å²) in [5.74, 6) is 0.0514. The number of rotatable bonds is 5. The number of carbonyl (C=O) groups excluding carboxylic acids is 1. The van der Waals surface area contributed by atoms with Crippen LogP contribution < -0.4 is 14.8 Å². The zero-order chi connectivity index (χ0) is 13.7. The monoisotopic (exact) mass is 263 g/mol. The molecule has 1 aliphatic heterocycles. The zero-order valence-corrected chi connectivity index (χ0v) is 10.1. The lowest BCUT2D eigenvalue weighted by Gasteiger charge is -1.99. The van der Waals surface area contributed by atoms with Crippen LogP contribution in [0.5, 0.6) is 11.5 Å². The Morgan fingerprint density at radius 3 is 2.89 bits per heavy atom. The average Bonchev–Trinajstić information content (AvgIpc) is 2.83. The molecule has 100 valence electrons. The van der Waals surface area contributed by atoms with Gasteiger partial charge in [0.05, 0.1) is 6.42 Å². The molecule has 6 nitrogen and oxygen atoms in total. The molecule has 0 saturated carbocycles. The Bertz CT molecular complexity index is 524. The van der Waals surface area contributed by atoms with Crippen molar-refractivity contribution in [2.45, 2.75) is 6.42 Å². The normalized spacial score (nSPS) is 12.6. The Balaban J connectivity index is 1.88. The van der Waals surface area contributed by atoms with Crippen molar-refractivity contribution in [2.75, 3.05) is 13.3 Å². The molecular weight excluding hydrogens is 250 g/mol. The largest absolute Gasteiger partial charge is 0.481 e. The van der Waals surface area contributed by atoms with Gasteiger partial charge in [-0.3, -0.25) is 9.59 Å². The van der Waals surface area contributed by atoms with E-state index in [0.717, 1.165) is 5.56 Å². The summed E-state index contributed by atoms with van der Waals surface area (Å²) in [7, 11) is 0. The molecule has 1 aromatic rings. The number of hydrogen-bond donors (Lipinski definition) is 2. The number of nitrogens with one attached hydrogen (secondary N) is 1. The zero-order valence-electron chi connectivity index (χ0n) is 10.1. The molecule has 0 saturated heterocycles. The van der Waals surface area contributed by atoms with Crippen LogP contribution in [0.15, 0.2) is 24.3 Å². The van der Waals surface area contributed by atoms with E-state index < -0.39 is 5.97 Å². The predicted octanol–water partition coefficient (Wildman–Crippen LogP) is 1.02. The van der Waals surface area contributed by atoms with Crippen LogP contribution in [0, 0.1) is 0 Å². The van der Waals surface area contributed by atoms with Crippen LogP contribution in [-0.2, 0) is 9.59 Å². The molecule has 0 spiro atoms. The van der Waals surface area contributed by atoms with E-state index in [1.54, 1.807) is 24.3 Å². The van der Waals surface area contributed by atoms with Gasteiger partial charge in [-0.15, -0.1) is 0 Å². The molecule has 6 heteroatoms. The van der Waals surface area contributed by atoms with Gasteiger partial charge < -0.3 is 19.9 Å². The highest BCUT2D eigenvalue weighted by Gasteiger charge is 2.12. The standard InChI is InChI=1S/C13H13NO5/c15-12(14-6-5-13(16)17)4-2-9-1-3-10-11(7-9)19-8-18-10/h1-4,7H,5-6,8H2,(H,14,15)(H,16,17)/b4-2+. The Morgan fingerprint density at radius 2 is 2.11 bits per heavy atom. The van der Waals surface area contributed by atoms with E-state index in [1.807, 2.05) is 0 Å². The van der Waals surface area contributed by atoms with Gasteiger partial charge >= 0.3 is 5.97 Å². The molecule has 1 heterocycles. The predicted molar refractivity (Wildman–Crippen MR) is 66.9 cm³/mol. The van der Waals surface area contributed by atoms with Crippen LogP contribution in [0.2, 0.25) is 0 Å². The molecule has 2 N–H and O–H groups in total. The third-order valence-corrected chi connectivity index (χ3v) is 2.46. The van der Waals surface area contributed by atoms with E-state index in [0.29, 0.717) is 11.5 Å². The van der Waals surface area contributed by atoms with Gasteiger partial charge in [-0.1, -0.05) is 6.07 Å². The van der Waals surface area contributed by atoms with Crippen molar-refractivity contribution in [3.05, 3.63) is 29.8 Å². The highest BCUT2D eigenvalue weighted by Crippen LogP contribution is 2.32. The van der Waals surface area contributed by atoms with Crippen molar-refractivity contribution in [3.8, 4) is 11.5 Å². The maximum Gasteiger partial charge on any atom is 0.305 e. The molecule has 19 heavy (non-hydrogen) atoms. The second kappa shape index (κ2) is 5.90. The van der Waals surface area contributed by atoms with Crippen LogP contribution in [0.25, 0.3) is 6.08 Å². The Hall–Kier alpha value is -2.50. The maximum atomic E-state index is 11.4. The SMILES string of the molecule is O=C(O)CCNC(=O)/C=C/c1ccc2c(c1)OCO2. The minimum absolute atomic E-state index is 0.0936. The first-order chi connectivity index (χ1) is 9.15. The topological polar surface area (TPSA) is 84.9 Å². The van der Waals surface area contributed by atoms with Crippen LogP contribution >= 0.6 is 0 Å². The van der Waals surface area contributed by atoms with Gasteiger partial charge in [0.2, 0.25) is 12.7 Å². The van der Waals surface area contributed by atoms with Gasteiger partial charge in [-0.25, -0.2) is 0 Å².